The molecule has 0 spiro atoms. The van der Waals surface area contributed by atoms with Gasteiger partial charge in [-0.05, 0) is 47.7 Å². The number of carbonyl (C=O) groups excluding carboxylic acids is 1. The second kappa shape index (κ2) is 6.02. The molecule has 28 heavy (non-hydrogen) atoms. The van der Waals surface area contributed by atoms with Gasteiger partial charge in [-0.2, -0.15) is 5.26 Å². The average Bonchev–Trinajstić information content (AvgIpc) is 3.14. The number of nitrogens with one attached hydrogen (secondary N) is 1. The Kier molecular flexibility index (Phi) is 3.68. The fourth-order valence-electron chi connectivity index (χ4n) is 4.54. The number of allylic oxidation sites excluding steroid dienone is 2. The van der Waals surface area contributed by atoms with Crippen LogP contribution in [0.15, 0.2) is 53.9 Å². The number of hydrogen-bond donors (Lipinski definition) is 1. The molecule has 2 aromatic heterocycles. The number of pyridine rings is 1. The summed E-state index contributed by atoms with van der Waals surface area (Å²) in [5, 5.41) is 13.9. The number of fused-ring (bicyclic) bond motifs is 3. The average molecular weight is 385 g/mol. The summed E-state index contributed by atoms with van der Waals surface area (Å²) in [5.41, 5.74) is 4.85. The number of thiophene rings is 1. The normalized spacial score (nSPS) is 20.3. The number of benzene rings is 1. The molecule has 5 heteroatoms. The molecule has 5 rings (SSSR count). The number of aromatic nitrogens is 1. The van der Waals surface area contributed by atoms with Crippen LogP contribution in [-0.2, 0) is 4.79 Å². The van der Waals surface area contributed by atoms with E-state index in [1.165, 1.54) is 11.3 Å². The number of rotatable bonds is 1. The van der Waals surface area contributed by atoms with Crippen LogP contribution in [0.2, 0.25) is 0 Å². The quantitative estimate of drug-likeness (QED) is 0.612. The Morgan fingerprint density at radius 3 is 2.86 bits per heavy atom. The molecule has 1 N–H and O–H groups in total. The van der Waals surface area contributed by atoms with Gasteiger partial charge in [0.15, 0.2) is 5.78 Å². The monoisotopic (exact) mass is 385 g/mol. The molecule has 3 aromatic rings. The van der Waals surface area contributed by atoms with Crippen LogP contribution in [-0.4, -0.2) is 10.8 Å². The second-order valence-corrected chi connectivity index (χ2v) is 9.42. The fraction of sp³-hybridized carbons (Fsp3) is 0.261. The summed E-state index contributed by atoms with van der Waals surface area (Å²) in [4.78, 5) is 19.5. The maximum atomic E-state index is 13.3. The van der Waals surface area contributed by atoms with Gasteiger partial charge in [0.1, 0.15) is 10.9 Å². The van der Waals surface area contributed by atoms with E-state index < -0.39 is 0 Å². The van der Waals surface area contributed by atoms with E-state index in [9.17, 15) is 10.1 Å². The molecule has 1 aliphatic heterocycles. The van der Waals surface area contributed by atoms with Crippen molar-refractivity contribution in [3.63, 3.8) is 0 Å². The van der Waals surface area contributed by atoms with Crippen molar-refractivity contribution in [2.75, 3.05) is 5.32 Å². The largest absolute Gasteiger partial charge is 0.358 e. The zero-order valence-electron chi connectivity index (χ0n) is 15.7. The topological polar surface area (TPSA) is 65.8 Å². The predicted molar refractivity (Wildman–Crippen MR) is 111 cm³/mol. The third-order valence-corrected chi connectivity index (χ3v) is 6.69. The Labute approximate surface area is 167 Å². The molecule has 1 unspecified atom stereocenters. The molecule has 3 heterocycles. The molecule has 0 bridgehead atoms. The first-order chi connectivity index (χ1) is 13.5. The van der Waals surface area contributed by atoms with Crippen LogP contribution >= 0.6 is 11.3 Å². The number of hydrogen-bond acceptors (Lipinski definition) is 5. The van der Waals surface area contributed by atoms with Gasteiger partial charge in [0, 0.05) is 39.8 Å². The second-order valence-electron chi connectivity index (χ2n) is 8.30. The molecule has 1 aromatic carbocycles. The molecule has 1 atom stereocenters. The van der Waals surface area contributed by atoms with Crippen LogP contribution in [0.5, 0.6) is 0 Å². The fourth-order valence-corrected chi connectivity index (χ4v) is 5.46. The van der Waals surface area contributed by atoms with Crippen LogP contribution in [0, 0.1) is 16.7 Å². The van der Waals surface area contributed by atoms with Crippen molar-refractivity contribution in [1.29, 1.82) is 5.26 Å². The molecule has 2 aliphatic rings. The lowest BCUT2D eigenvalue weighted by atomic mass is 9.69. The van der Waals surface area contributed by atoms with Crippen molar-refractivity contribution in [2.45, 2.75) is 32.6 Å². The number of nitrogens with zero attached hydrogens (tertiary/aromatic N) is 2. The summed E-state index contributed by atoms with van der Waals surface area (Å²) in [6.07, 6.45) is 3.17. The van der Waals surface area contributed by atoms with Gasteiger partial charge in [0.2, 0.25) is 0 Å². The van der Waals surface area contributed by atoms with Crippen LogP contribution < -0.4 is 5.32 Å². The van der Waals surface area contributed by atoms with Gasteiger partial charge in [0.05, 0.1) is 11.4 Å². The number of Topliss-reactive ketones (excluding diaryl/α,β-unsaturated/α-hetero) is 1. The van der Waals surface area contributed by atoms with E-state index in [0.29, 0.717) is 11.3 Å². The smallest absolute Gasteiger partial charge is 0.162 e. The molecule has 4 nitrogen and oxygen atoms in total. The first kappa shape index (κ1) is 17.2. The summed E-state index contributed by atoms with van der Waals surface area (Å²) in [7, 11) is 0. The Bertz CT molecular complexity index is 1210. The van der Waals surface area contributed by atoms with Crippen LogP contribution in [0.3, 0.4) is 0 Å². The van der Waals surface area contributed by atoms with Gasteiger partial charge in [-0.1, -0.05) is 19.9 Å². The van der Waals surface area contributed by atoms with Crippen molar-refractivity contribution >= 4 is 33.7 Å². The molecule has 0 saturated heterocycles. The van der Waals surface area contributed by atoms with Crippen molar-refractivity contribution in [1.82, 2.24) is 4.98 Å². The number of nitriles is 1. The number of anilines is 1. The van der Waals surface area contributed by atoms with Gasteiger partial charge in [-0.25, -0.2) is 0 Å². The number of ketones is 1. The van der Waals surface area contributed by atoms with Gasteiger partial charge in [-0.3, -0.25) is 9.78 Å². The van der Waals surface area contributed by atoms with E-state index in [-0.39, 0.29) is 17.1 Å². The summed E-state index contributed by atoms with van der Waals surface area (Å²) in [5.74, 6) is 0.0389. The maximum Gasteiger partial charge on any atom is 0.162 e. The predicted octanol–water partition coefficient (Wildman–Crippen LogP) is 5.37. The Morgan fingerprint density at radius 1 is 1.21 bits per heavy atom. The molecule has 0 saturated carbocycles. The highest BCUT2D eigenvalue weighted by molar-refractivity contribution is 7.12. The van der Waals surface area contributed by atoms with E-state index >= 15 is 0 Å². The highest BCUT2D eigenvalue weighted by atomic mass is 32.1. The van der Waals surface area contributed by atoms with Crippen molar-refractivity contribution in [3.05, 3.63) is 69.2 Å². The molecular weight excluding hydrogens is 366 g/mol. The molecule has 0 fully saturated rings. The summed E-state index contributed by atoms with van der Waals surface area (Å²) < 4.78 is 0. The summed E-state index contributed by atoms with van der Waals surface area (Å²) in [6.45, 7) is 4.29. The zero-order chi connectivity index (χ0) is 19.5. The lowest BCUT2D eigenvalue weighted by Crippen LogP contribution is -2.33. The maximum absolute atomic E-state index is 13.3. The van der Waals surface area contributed by atoms with Gasteiger partial charge < -0.3 is 5.32 Å². The van der Waals surface area contributed by atoms with E-state index in [4.69, 9.17) is 0 Å². The van der Waals surface area contributed by atoms with Crippen LogP contribution in [0.1, 0.15) is 47.9 Å². The Hall–Kier alpha value is -2.97. The standard InChI is InChI=1S/C23H19N3OS/c1-23(2)10-17-21(18(27)11-23)22(19-8-5-13(12-24)28-19)20-14-4-3-9-25-15(14)6-7-16(20)26-17/h3-9,22,26H,10-11H2,1-2H3. The van der Waals surface area contributed by atoms with Gasteiger partial charge in [-0.15, -0.1) is 11.3 Å². The molecule has 0 radical (unpaired) electrons. The summed E-state index contributed by atoms with van der Waals surface area (Å²) in [6, 6.07) is 14.2. The van der Waals surface area contributed by atoms with Crippen molar-refractivity contribution in [2.24, 2.45) is 5.41 Å². The lowest BCUT2D eigenvalue weighted by Gasteiger charge is -2.39. The zero-order valence-corrected chi connectivity index (χ0v) is 16.6. The minimum atomic E-state index is -0.158. The first-order valence-corrected chi connectivity index (χ1v) is 10.2. The van der Waals surface area contributed by atoms with E-state index in [2.05, 4.69) is 42.4 Å². The highest BCUT2D eigenvalue weighted by Gasteiger charge is 2.41. The number of carbonyl (C=O) groups is 1. The first-order valence-electron chi connectivity index (χ1n) is 9.37. The van der Waals surface area contributed by atoms with Gasteiger partial charge >= 0.3 is 0 Å². The van der Waals surface area contributed by atoms with E-state index in [0.717, 1.165) is 44.7 Å². The highest BCUT2D eigenvalue weighted by Crippen LogP contribution is 2.51. The molecule has 0 amide bonds. The van der Waals surface area contributed by atoms with Gasteiger partial charge in [0.25, 0.3) is 0 Å². The minimum Gasteiger partial charge on any atom is -0.358 e. The molecular formula is C23H19N3OS. The van der Waals surface area contributed by atoms with E-state index in [1.807, 2.05) is 24.3 Å². The van der Waals surface area contributed by atoms with E-state index in [1.54, 1.807) is 6.20 Å². The third kappa shape index (κ3) is 2.56. The van der Waals surface area contributed by atoms with Crippen LogP contribution in [0.25, 0.3) is 10.9 Å². The molecule has 1 aliphatic carbocycles. The Balaban J connectivity index is 1.81. The SMILES string of the molecule is CC1(C)CC(=O)C2=C(C1)Nc1ccc3ncccc3c1C2c1ccc(C#N)s1. The lowest BCUT2D eigenvalue weighted by molar-refractivity contribution is -0.118. The minimum absolute atomic E-state index is 0.0589. The van der Waals surface area contributed by atoms with Crippen molar-refractivity contribution < 1.29 is 4.79 Å². The Morgan fingerprint density at radius 2 is 2.07 bits per heavy atom. The third-order valence-electron chi connectivity index (χ3n) is 5.63. The van der Waals surface area contributed by atoms with Crippen molar-refractivity contribution in [3.8, 4) is 6.07 Å². The van der Waals surface area contributed by atoms with Crippen LogP contribution in [0.4, 0.5) is 5.69 Å². The molecule has 138 valence electrons. The summed E-state index contributed by atoms with van der Waals surface area (Å²) >= 11 is 1.47.